The van der Waals surface area contributed by atoms with Crippen LogP contribution in [0, 0.1) is 0 Å². The van der Waals surface area contributed by atoms with Crippen LogP contribution in [0.25, 0.3) is 10.2 Å². The average molecular weight is 384 g/mol. The summed E-state index contributed by atoms with van der Waals surface area (Å²) in [4.78, 5) is 38.8. The zero-order chi connectivity index (χ0) is 18.4. The molecule has 5 rings (SSSR count). The van der Waals surface area contributed by atoms with Crippen LogP contribution in [0.2, 0.25) is 0 Å². The van der Waals surface area contributed by atoms with Crippen LogP contribution in [0.5, 0.6) is 0 Å². The van der Waals surface area contributed by atoms with Crippen molar-refractivity contribution in [3.8, 4) is 0 Å². The van der Waals surface area contributed by atoms with Crippen molar-refractivity contribution in [3.63, 3.8) is 0 Å². The van der Waals surface area contributed by atoms with Crippen LogP contribution < -0.4 is 5.56 Å². The Morgan fingerprint density at radius 3 is 2.89 bits per heavy atom. The van der Waals surface area contributed by atoms with Gasteiger partial charge in [-0.2, -0.15) is 0 Å². The SMILES string of the molecule is O=C(c1ccco1)N1CCN(Cc2nc3sc4c(c3c(=O)[nH]2)CCC4)CC1. The summed E-state index contributed by atoms with van der Waals surface area (Å²) in [6.07, 6.45) is 4.71. The molecule has 2 aliphatic rings. The molecule has 8 heteroatoms. The zero-order valence-electron chi connectivity index (χ0n) is 14.9. The van der Waals surface area contributed by atoms with Gasteiger partial charge in [0.05, 0.1) is 18.2 Å². The van der Waals surface area contributed by atoms with E-state index in [2.05, 4.69) is 9.88 Å². The molecule has 0 atom stereocenters. The van der Waals surface area contributed by atoms with Crippen molar-refractivity contribution in [2.45, 2.75) is 25.8 Å². The number of rotatable bonds is 3. The van der Waals surface area contributed by atoms with Gasteiger partial charge in [-0.3, -0.25) is 14.5 Å². The fourth-order valence-corrected chi connectivity index (χ4v) is 5.28. The highest BCUT2D eigenvalue weighted by atomic mass is 32.1. The summed E-state index contributed by atoms with van der Waals surface area (Å²) in [5.74, 6) is 1.02. The molecule has 1 saturated heterocycles. The summed E-state index contributed by atoms with van der Waals surface area (Å²) < 4.78 is 5.20. The average Bonchev–Trinajstić information content (AvgIpc) is 3.38. The molecule has 27 heavy (non-hydrogen) atoms. The van der Waals surface area contributed by atoms with Crippen molar-refractivity contribution in [2.24, 2.45) is 0 Å². The second kappa shape index (κ2) is 6.61. The van der Waals surface area contributed by atoms with Gasteiger partial charge in [0, 0.05) is 31.1 Å². The Hall–Kier alpha value is -2.45. The third-order valence-electron chi connectivity index (χ3n) is 5.39. The van der Waals surface area contributed by atoms with E-state index in [9.17, 15) is 9.59 Å². The molecule has 0 saturated carbocycles. The standard InChI is InChI=1S/C19H20N4O3S/c24-17-16-12-3-1-5-14(12)27-18(16)21-15(20-17)11-22-6-8-23(9-7-22)19(25)13-4-2-10-26-13/h2,4,10H,1,3,5-9,11H2,(H,20,21,24). The minimum atomic E-state index is -0.0688. The molecule has 1 fully saturated rings. The lowest BCUT2D eigenvalue weighted by molar-refractivity contribution is 0.0595. The van der Waals surface area contributed by atoms with E-state index >= 15 is 0 Å². The van der Waals surface area contributed by atoms with Crippen molar-refractivity contribution < 1.29 is 9.21 Å². The van der Waals surface area contributed by atoms with Gasteiger partial charge in [-0.15, -0.1) is 11.3 Å². The lowest BCUT2D eigenvalue weighted by atomic mass is 10.2. The van der Waals surface area contributed by atoms with E-state index in [0.29, 0.717) is 31.2 Å². The third-order valence-corrected chi connectivity index (χ3v) is 6.57. The number of hydrogen-bond acceptors (Lipinski definition) is 6. The van der Waals surface area contributed by atoms with Crippen LogP contribution in [-0.2, 0) is 19.4 Å². The van der Waals surface area contributed by atoms with Gasteiger partial charge < -0.3 is 14.3 Å². The van der Waals surface area contributed by atoms with Gasteiger partial charge >= 0.3 is 0 Å². The number of piperazine rings is 1. The molecular formula is C19H20N4O3S. The van der Waals surface area contributed by atoms with E-state index in [1.165, 1.54) is 16.7 Å². The number of furan rings is 1. The quantitative estimate of drug-likeness (QED) is 0.747. The normalized spacial score (nSPS) is 17.6. The molecule has 7 nitrogen and oxygen atoms in total. The second-order valence-corrected chi connectivity index (χ2v) is 8.18. The number of carbonyl (C=O) groups excluding carboxylic acids is 1. The largest absolute Gasteiger partial charge is 0.459 e. The number of thiophene rings is 1. The topological polar surface area (TPSA) is 82.4 Å². The van der Waals surface area contributed by atoms with Crippen LogP contribution in [0.15, 0.2) is 27.6 Å². The summed E-state index contributed by atoms with van der Waals surface area (Å²) in [6.45, 7) is 3.36. The van der Waals surface area contributed by atoms with Crippen LogP contribution >= 0.6 is 11.3 Å². The highest BCUT2D eigenvalue weighted by Gasteiger charge is 2.25. The van der Waals surface area contributed by atoms with Gasteiger partial charge in [0.2, 0.25) is 0 Å². The number of nitrogens with one attached hydrogen (secondary N) is 1. The zero-order valence-corrected chi connectivity index (χ0v) is 15.7. The van der Waals surface area contributed by atoms with E-state index in [1.807, 2.05) is 0 Å². The highest BCUT2D eigenvalue weighted by Crippen LogP contribution is 2.34. The maximum absolute atomic E-state index is 12.6. The van der Waals surface area contributed by atoms with Crippen LogP contribution in [-0.4, -0.2) is 51.9 Å². The molecule has 140 valence electrons. The number of aromatic amines is 1. The molecule has 0 unspecified atom stereocenters. The van der Waals surface area contributed by atoms with E-state index in [4.69, 9.17) is 9.40 Å². The molecule has 1 N–H and O–H groups in total. The minimum Gasteiger partial charge on any atom is -0.459 e. The summed E-state index contributed by atoms with van der Waals surface area (Å²) in [5.41, 5.74) is 1.20. The van der Waals surface area contributed by atoms with E-state index in [1.54, 1.807) is 28.4 Å². The van der Waals surface area contributed by atoms with Crippen molar-refractivity contribution in [1.82, 2.24) is 19.8 Å². The van der Waals surface area contributed by atoms with Crippen LogP contribution in [0.1, 0.15) is 33.2 Å². The van der Waals surface area contributed by atoms with Gasteiger partial charge in [0.1, 0.15) is 10.7 Å². The van der Waals surface area contributed by atoms with Crippen molar-refractivity contribution in [2.75, 3.05) is 26.2 Å². The monoisotopic (exact) mass is 384 g/mol. The number of aromatic nitrogens is 2. The number of carbonyl (C=O) groups is 1. The van der Waals surface area contributed by atoms with Crippen molar-refractivity contribution in [1.29, 1.82) is 0 Å². The van der Waals surface area contributed by atoms with Gasteiger partial charge in [-0.05, 0) is 37.0 Å². The first-order valence-electron chi connectivity index (χ1n) is 9.27. The highest BCUT2D eigenvalue weighted by molar-refractivity contribution is 7.18. The predicted octanol–water partition coefficient (Wildman–Crippen LogP) is 2.02. The molecule has 1 aliphatic carbocycles. The molecular weight excluding hydrogens is 364 g/mol. The van der Waals surface area contributed by atoms with Crippen molar-refractivity contribution in [3.05, 3.63) is 50.8 Å². The summed E-state index contributed by atoms with van der Waals surface area (Å²) in [7, 11) is 0. The van der Waals surface area contributed by atoms with Crippen LogP contribution in [0.4, 0.5) is 0 Å². The predicted molar refractivity (Wildman–Crippen MR) is 102 cm³/mol. The molecule has 1 amide bonds. The summed E-state index contributed by atoms with van der Waals surface area (Å²) >= 11 is 1.67. The number of nitrogens with zero attached hydrogens (tertiary/aromatic N) is 3. The van der Waals surface area contributed by atoms with E-state index in [0.717, 1.165) is 42.6 Å². The fraction of sp³-hybridized carbons (Fsp3) is 0.421. The number of aryl methyl sites for hydroxylation is 2. The maximum Gasteiger partial charge on any atom is 0.289 e. The van der Waals surface area contributed by atoms with Crippen LogP contribution in [0.3, 0.4) is 0 Å². The number of amides is 1. The Balaban J connectivity index is 1.28. The Labute approximate surface area is 159 Å². The second-order valence-electron chi connectivity index (χ2n) is 7.10. The number of H-pyrrole nitrogens is 1. The molecule has 3 aromatic heterocycles. The number of fused-ring (bicyclic) bond motifs is 3. The fourth-order valence-electron chi connectivity index (χ4n) is 4.00. The van der Waals surface area contributed by atoms with Crippen molar-refractivity contribution >= 4 is 27.5 Å². The first kappa shape index (κ1) is 16.7. The third kappa shape index (κ3) is 2.98. The van der Waals surface area contributed by atoms with Gasteiger partial charge in [0.25, 0.3) is 11.5 Å². The Bertz CT molecular complexity index is 1050. The number of hydrogen-bond donors (Lipinski definition) is 1. The van der Waals surface area contributed by atoms with Gasteiger partial charge in [0.15, 0.2) is 5.76 Å². The summed E-state index contributed by atoms with van der Waals surface area (Å²) in [6, 6.07) is 3.42. The summed E-state index contributed by atoms with van der Waals surface area (Å²) in [5, 5.41) is 0.796. The minimum absolute atomic E-state index is 0.0129. The first-order valence-corrected chi connectivity index (χ1v) is 10.1. The molecule has 0 aromatic carbocycles. The molecule has 0 radical (unpaired) electrons. The lowest BCUT2D eigenvalue weighted by Crippen LogP contribution is -2.48. The molecule has 3 aromatic rings. The van der Waals surface area contributed by atoms with Gasteiger partial charge in [-0.1, -0.05) is 0 Å². The molecule has 0 bridgehead atoms. The molecule has 4 heterocycles. The Morgan fingerprint density at radius 1 is 1.26 bits per heavy atom. The molecule has 0 spiro atoms. The lowest BCUT2D eigenvalue weighted by Gasteiger charge is -2.33. The Morgan fingerprint density at radius 2 is 2.11 bits per heavy atom. The molecule has 1 aliphatic heterocycles. The first-order chi connectivity index (χ1) is 13.2. The maximum atomic E-state index is 12.6. The van der Waals surface area contributed by atoms with Gasteiger partial charge in [-0.25, -0.2) is 4.98 Å². The van der Waals surface area contributed by atoms with E-state index in [-0.39, 0.29) is 11.5 Å². The smallest absolute Gasteiger partial charge is 0.289 e. The van der Waals surface area contributed by atoms with E-state index < -0.39 is 0 Å². The Kier molecular flexibility index (Phi) is 4.09.